The van der Waals surface area contributed by atoms with Crippen molar-refractivity contribution in [2.45, 2.75) is 12.6 Å². The average molecular weight is 291 g/mol. The van der Waals surface area contributed by atoms with Crippen molar-refractivity contribution in [1.29, 1.82) is 0 Å². The van der Waals surface area contributed by atoms with Crippen LogP contribution in [0.1, 0.15) is 6.42 Å². The Bertz CT molecular complexity index is 434. The zero-order chi connectivity index (χ0) is 14.6. The third kappa shape index (κ3) is 4.72. The minimum atomic E-state index is -4.17. The number of carbonyl (C=O) groups is 1. The highest BCUT2D eigenvalue weighted by Gasteiger charge is 2.34. The molecule has 0 bridgehead atoms. The van der Waals surface area contributed by atoms with Crippen molar-refractivity contribution in [1.82, 2.24) is 20.4 Å². The van der Waals surface area contributed by atoms with E-state index in [9.17, 15) is 18.0 Å². The molecular weight excluding hydrogens is 275 g/mol. The van der Waals surface area contributed by atoms with Gasteiger partial charge in [-0.2, -0.15) is 18.3 Å². The van der Waals surface area contributed by atoms with Gasteiger partial charge in [-0.05, 0) is 18.9 Å². The summed E-state index contributed by atoms with van der Waals surface area (Å²) < 4.78 is 36.7. The fraction of sp³-hybridized carbons (Fsp3) is 0.636. The first-order valence-corrected chi connectivity index (χ1v) is 6.25. The number of aromatic nitrogens is 2. The molecule has 2 rings (SSSR count). The number of rotatable bonds is 4. The van der Waals surface area contributed by atoms with Crippen molar-refractivity contribution in [3.63, 3.8) is 0 Å². The van der Waals surface area contributed by atoms with Crippen molar-refractivity contribution < 1.29 is 18.0 Å². The van der Waals surface area contributed by atoms with Gasteiger partial charge in [0.05, 0.1) is 18.4 Å². The van der Waals surface area contributed by atoms with Gasteiger partial charge in [-0.3, -0.25) is 10.00 Å². The number of anilines is 1. The van der Waals surface area contributed by atoms with E-state index < -0.39 is 12.7 Å². The molecular formula is C11H16F3N5O. The molecule has 20 heavy (non-hydrogen) atoms. The zero-order valence-electron chi connectivity index (χ0n) is 10.7. The smallest absolute Gasteiger partial charge is 0.338 e. The molecule has 1 fully saturated rings. The molecule has 0 spiro atoms. The summed E-state index contributed by atoms with van der Waals surface area (Å²) in [5, 5.41) is 11.4. The third-order valence-electron chi connectivity index (χ3n) is 3.08. The molecule has 112 valence electrons. The fourth-order valence-electron chi connectivity index (χ4n) is 2.21. The van der Waals surface area contributed by atoms with E-state index in [0.717, 1.165) is 0 Å². The number of amides is 2. The molecule has 0 unspecified atom stereocenters. The molecule has 3 N–H and O–H groups in total. The lowest BCUT2D eigenvalue weighted by molar-refractivity contribution is -0.143. The number of hydrogen-bond acceptors (Lipinski definition) is 3. The summed E-state index contributed by atoms with van der Waals surface area (Å²) in [4.78, 5) is 12.9. The fourth-order valence-corrected chi connectivity index (χ4v) is 2.21. The van der Waals surface area contributed by atoms with Crippen LogP contribution in [0.3, 0.4) is 0 Å². The highest BCUT2D eigenvalue weighted by molar-refractivity contribution is 5.88. The van der Waals surface area contributed by atoms with Crippen LogP contribution >= 0.6 is 0 Å². The van der Waals surface area contributed by atoms with Crippen molar-refractivity contribution in [2.24, 2.45) is 5.92 Å². The second kappa shape index (κ2) is 6.12. The van der Waals surface area contributed by atoms with E-state index in [1.807, 2.05) is 0 Å². The number of hydrogen-bond donors (Lipinski definition) is 3. The van der Waals surface area contributed by atoms with Crippen molar-refractivity contribution >= 4 is 11.7 Å². The highest BCUT2D eigenvalue weighted by Crippen LogP contribution is 2.22. The summed E-state index contributed by atoms with van der Waals surface area (Å²) in [5.74, 6) is 0.0486. The van der Waals surface area contributed by atoms with E-state index in [0.29, 0.717) is 31.7 Å². The second-order valence-corrected chi connectivity index (χ2v) is 4.83. The van der Waals surface area contributed by atoms with E-state index in [2.05, 4.69) is 20.8 Å². The van der Waals surface area contributed by atoms with Gasteiger partial charge < -0.3 is 10.6 Å². The van der Waals surface area contributed by atoms with Crippen molar-refractivity contribution in [3.05, 3.63) is 12.4 Å². The average Bonchev–Trinajstić information content (AvgIpc) is 2.96. The topological polar surface area (TPSA) is 73.1 Å². The van der Waals surface area contributed by atoms with Crippen molar-refractivity contribution in [2.75, 3.05) is 31.5 Å². The summed E-state index contributed by atoms with van der Waals surface area (Å²) >= 11 is 0. The molecule has 6 nitrogen and oxygen atoms in total. The maximum absolute atomic E-state index is 12.2. The Morgan fingerprint density at radius 3 is 3.00 bits per heavy atom. The molecule has 1 aromatic rings. The molecule has 1 aromatic heterocycles. The molecule has 2 amide bonds. The molecule has 1 aliphatic heterocycles. The summed E-state index contributed by atoms with van der Waals surface area (Å²) in [6.45, 7) is 0.240. The Balaban J connectivity index is 1.66. The van der Waals surface area contributed by atoms with Gasteiger partial charge in [0, 0.05) is 19.3 Å². The van der Waals surface area contributed by atoms with Crippen LogP contribution in [0.5, 0.6) is 0 Å². The van der Waals surface area contributed by atoms with E-state index >= 15 is 0 Å². The molecule has 0 aliphatic carbocycles. The summed E-state index contributed by atoms with van der Waals surface area (Å²) in [6.07, 6.45) is -0.524. The summed E-state index contributed by atoms with van der Waals surface area (Å²) in [6, 6.07) is -0.388. The van der Waals surface area contributed by atoms with Crippen LogP contribution in [0, 0.1) is 5.92 Å². The predicted octanol–water partition coefficient (Wildman–Crippen LogP) is 1.42. The van der Waals surface area contributed by atoms with Crippen LogP contribution in [0.2, 0.25) is 0 Å². The standard InChI is InChI=1S/C11H16F3N5O/c12-11(13,14)7-19-2-1-8(6-19)3-15-10(20)18-9-4-16-17-5-9/h4-5,8H,1-3,6-7H2,(H,16,17)(H2,15,18,20)/t8-/m0/s1. The monoisotopic (exact) mass is 291 g/mol. The normalized spacial score (nSPS) is 20.1. The van der Waals surface area contributed by atoms with Gasteiger partial charge >= 0.3 is 12.2 Å². The van der Waals surface area contributed by atoms with Gasteiger partial charge in [-0.1, -0.05) is 0 Å². The van der Waals surface area contributed by atoms with Gasteiger partial charge in [-0.25, -0.2) is 4.79 Å². The molecule has 1 atom stereocenters. The Labute approximate surface area is 113 Å². The van der Waals surface area contributed by atoms with Gasteiger partial charge in [-0.15, -0.1) is 0 Å². The molecule has 1 saturated heterocycles. The maximum Gasteiger partial charge on any atom is 0.401 e. The van der Waals surface area contributed by atoms with Crippen LogP contribution in [0.25, 0.3) is 0 Å². The Kier molecular flexibility index (Phi) is 4.48. The van der Waals surface area contributed by atoms with E-state index in [-0.39, 0.29) is 11.9 Å². The number of nitrogens with zero attached hydrogens (tertiary/aromatic N) is 2. The highest BCUT2D eigenvalue weighted by atomic mass is 19.4. The lowest BCUT2D eigenvalue weighted by Gasteiger charge is -2.18. The quantitative estimate of drug-likeness (QED) is 0.785. The molecule has 0 saturated carbocycles. The largest absolute Gasteiger partial charge is 0.401 e. The summed E-state index contributed by atoms with van der Waals surface area (Å²) in [7, 11) is 0. The molecule has 0 aromatic carbocycles. The van der Waals surface area contributed by atoms with Crippen LogP contribution < -0.4 is 10.6 Å². The number of urea groups is 1. The van der Waals surface area contributed by atoms with Gasteiger partial charge in [0.15, 0.2) is 0 Å². The zero-order valence-corrected chi connectivity index (χ0v) is 10.7. The number of carbonyl (C=O) groups excluding carboxylic acids is 1. The minimum Gasteiger partial charge on any atom is -0.338 e. The predicted molar refractivity (Wildman–Crippen MR) is 66.2 cm³/mol. The van der Waals surface area contributed by atoms with Crippen molar-refractivity contribution in [3.8, 4) is 0 Å². The first-order chi connectivity index (χ1) is 9.42. The first-order valence-electron chi connectivity index (χ1n) is 6.25. The lowest BCUT2D eigenvalue weighted by Crippen LogP contribution is -2.36. The first kappa shape index (κ1) is 14.6. The van der Waals surface area contributed by atoms with E-state index in [1.165, 1.54) is 17.3 Å². The third-order valence-corrected chi connectivity index (χ3v) is 3.08. The van der Waals surface area contributed by atoms with Gasteiger partial charge in [0.2, 0.25) is 0 Å². The molecule has 2 heterocycles. The van der Waals surface area contributed by atoms with Crippen LogP contribution in [-0.4, -0.2) is 53.5 Å². The Morgan fingerprint density at radius 1 is 1.55 bits per heavy atom. The lowest BCUT2D eigenvalue weighted by atomic mass is 10.1. The van der Waals surface area contributed by atoms with Crippen LogP contribution in [0.15, 0.2) is 12.4 Å². The number of likely N-dealkylation sites (tertiary alicyclic amines) is 1. The maximum atomic E-state index is 12.2. The minimum absolute atomic E-state index is 0.0486. The van der Waals surface area contributed by atoms with E-state index in [4.69, 9.17) is 0 Å². The van der Waals surface area contributed by atoms with Crippen LogP contribution in [-0.2, 0) is 0 Å². The second-order valence-electron chi connectivity index (χ2n) is 4.83. The number of aromatic amines is 1. The van der Waals surface area contributed by atoms with Gasteiger partial charge in [0.25, 0.3) is 0 Å². The Hall–Kier alpha value is -1.77. The van der Waals surface area contributed by atoms with Crippen LogP contribution in [0.4, 0.5) is 23.7 Å². The number of nitrogens with one attached hydrogen (secondary N) is 3. The number of H-pyrrole nitrogens is 1. The number of alkyl halides is 3. The Morgan fingerprint density at radius 2 is 2.35 bits per heavy atom. The van der Waals surface area contributed by atoms with E-state index in [1.54, 1.807) is 0 Å². The molecule has 9 heteroatoms. The number of halogens is 3. The molecule has 0 radical (unpaired) electrons. The molecule has 1 aliphatic rings. The SMILES string of the molecule is O=C(NC[C@@H]1CCN(CC(F)(F)F)C1)Nc1cn[nH]c1. The summed E-state index contributed by atoms with van der Waals surface area (Å²) in [5.41, 5.74) is 0.535. The van der Waals surface area contributed by atoms with Gasteiger partial charge in [0.1, 0.15) is 0 Å².